The third-order valence-electron chi connectivity index (χ3n) is 4.21. The van der Waals surface area contributed by atoms with Gasteiger partial charge in [0.25, 0.3) is 0 Å². The van der Waals surface area contributed by atoms with Gasteiger partial charge in [0.15, 0.2) is 0 Å². The van der Waals surface area contributed by atoms with Crippen molar-refractivity contribution in [1.29, 1.82) is 0 Å². The topological polar surface area (TPSA) is 36.4 Å². The number of aryl methyl sites for hydroxylation is 1. The van der Waals surface area contributed by atoms with Gasteiger partial charge in [-0.25, -0.2) is 0 Å². The van der Waals surface area contributed by atoms with Crippen molar-refractivity contribution in [3.05, 3.63) is 29.6 Å². The molecule has 1 heterocycles. The number of aliphatic hydroxyl groups is 1. The van der Waals surface area contributed by atoms with E-state index in [1.807, 2.05) is 13.0 Å². The first-order chi connectivity index (χ1) is 9.19. The SMILES string of the molecule is CCN(CCC1CCCC1O)Cc1cccc(C)n1. The maximum absolute atomic E-state index is 9.87. The lowest BCUT2D eigenvalue weighted by Gasteiger charge is -2.23. The Morgan fingerprint density at radius 1 is 1.37 bits per heavy atom. The van der Waals surface area contributed by atoms with Crippen molar-refractivity contribution >= 4 is 0 Å². The van der Waals surface area contributed by atoms with Gasteiger partial charge in [-0.1, -0.05) is 19.4 Å². The van der Waals surface area contributed by atoms with E-state index < -0.39 is 0 Å². The Kier molecular flexibility index (Phi) is 5.34. The highest BCUT2D eigenvalue weighted by Gasteiger charge is 2.25. The van der Waals surface area contributed by atoms with Crippen LogP contribution in [0.15, 0.2) is 18.2 Å². The van der Waals surface area contributed by atoms with Crippen molar-refractivity contribution in [3.63, 3.8) is 0 Å². The molecule has 3 heteroatoms. The van der Waals surface area contributed by atoms with E-state index in [1.165, 1.54) is 12.8 Å². The van der Waals surface area contributed by atoms with E-state index in [-0.39, 0.29) is 6.10 Å². The first-order valence-electron chi connectivity index (χ1n) is 7.52. The number of hydrogen-bond acceptors (Lipinski definition) is 3. The average molecular weight is 262 g/mol. The lowest BCUT2D eigenvalue weighted by Crippen LogP contribution is -2.27. The molecule has 1 aliphatic carbocycles. The molecule has 1 N–H and O–H groups in total. The number of rotatable bonds is 6. The molecule has 0 amide bonds. The van der Waals surface area contributed by atoms with Crippen LogP contribution in [-0.4, -0.2) is 34.2 Å². The van der Waals surface area contributed by atoms with Crippen LogP contribution in [0, 0.1) is 12.8 Å². The zero-order chi connectivity index (χ0) is 13.7. The van der Waals surface area contributed by atoms with Crippen molar-refractivity contribution in [2.75, 3.05) is 13.1 Å². The van der Waals surface area contributed by atoms with Crippen LogP contribution in [-0.2, 0) is 6.54 Å². The van der Waals surface area contributed by atoms with Crippen molar-refractivity contribution in [2.24, 2.45) is 5.92 Å². The van der Waals surface area contributed by atoms with Gasteiger partial charge in [0, 0.05) is 12.2 Å². The summed E-state index contributed by atoms with van der Waals surface area (Å²) in [7, 11) is 0. The molecule has 2 unspecified atom stereocenters. The molecule has 0 aliphatic heterocycles. The molecule has 1 aromatic rings. The maximum Gasteiger partial charge on any atom is 0.0568 e. The summed E-state index contributed by atoms with van der Waals surface area (Å²) in [6.45, 7) is 7.25. The van der Waals surface area contributed by atoms with Crippen LogP contribution in [0.25, 0.3) is 0 Å². The van der Waals surface area contributed by atoms with Crippen molar-refractivity contribution in [2.45, 2.75) is 52.2 Å². The minimum atomic E-state index is -0.0594. The molecular weight excluding hydrogens is 236 g/mol. The molecule has 0 bridgehead atoms. The molecule has 2 atom stereocenters. The summed E-state index contributed by atoms with van der Waals surface area (Å²) in [6, 6.07) is 6.21. The number of aliphatic hydroxyl groups excluding tert-OH is 1. The molecule has 0 spiro atoms. The second-order valence-electron chi connectivity index (χ2n) is 5.69. The first-order valence-corrected chi connectivity index (χ1v) is 7.52. The minimum absolute atomic E-state index is 0.0594. The van der Waals surface area contributed by atoms with Crippen LogP contribution < -0.4 is 0 Å². The third-order valence-corrected chi connectivity index (χ3v) is 4.21. The third kappa shape index (κ3) is 4.29. The molecule has 106 valence electrons. The fourth-order valence-corrected chi connectivity index (χ4v) is 2.97. The fraction of sp³-hybridized carbons (Fsp3) is 0.688. The summed E-state index contributed by atoms with van der Waals surface area (Å²) in [6.07, 6.45) is 4.44. The standard InChI is InChI=1S/C16H26N2O/c1-3-18(11-10-14-7-5-9-16(14)19)12-15-8-4-6-13(2)17-15/h4,6,8,14,16,19H,3,5,7,9-12H2,1-2H3. The highest BCUT2D eigenvalue weighted by Crippen LogP contribution is 2.28. The van der Waals surface area contributed by atoms with Crippen LogP contribution in [0.4, 0.5) is 0 Å². The highest BCUT2D eigenvalue weighted by molar-refractivity contribution is 5.09. The average Bonchev–Trinajstić information content (AvgIpc) is 2.80. The zero-order valence-corrected chi connectivity index (χ0v) is 12.2. The molecule has 1 aromatic heterocycles. The van der Waals surface area contributed by atoms with Gasteiger partial charge in [-0.2, -0.15) is 0 Å². The van der Waals surface area contributed by atoms with Crippen LogP contribution in [0.3, 0.4) is 0 Å². The van der Waals surface area contributed by atoms with E-state index in [2.05, 4.69) is 28.9 Å². The molecule has 2 rings (SSSR count). The largest absolute Gasteiger partial charge is 0.393 e. The molecular formula is C16H26N2O. The van der Waals surface area contributed by atoms with Crippen LogP contribution >= 0.6 is 0 Å². The van der Waals surface area contributed by atoms with Gasteiger partial charge < -0.3 is 5.11 Å². The molecule has 1 saturated carbocycles. The van der Waals surface area contributed by atoms with Crippen molar-refractivity contribution in [3.8, 4) is 0 Å². The smallest absolute Gasteiger partial charge is 0.0568 e. The molecule has 0 aromatic carbocycles. The van der Waals surface area contributed by atoms with Gasteiger partial charge in [-0.05, 0) is 57.3 Å². The van der Waals surface area contributed by atoms with Gasteiger partial charge in [0.2, 0.25) is 0 Å². The molecule has 0 radical (unpaired) electrons. The highest BCUT2D eigenvalue weighted by atomic mass is 16.3. The Bertz CT molecular complexity index is 394. The van der Waals surface area contributed by atoms with Crippen LogP contribution in [0.2, 0.25) is 0 Å². The Balaban J connectivity index is 1.83. The molecule has 0 saturated heterocycles. The van der Waals surface area contributed by atoms with E-state index >= 15 is 0 Å². The van der Waals surface area contributed by atoms with Gasteiger partial charge in [0.1, 0.15) is 0 Å². The lowest BCUT2D eigenvalue weighted by molar-refractivity contribution is 0.117. The Morgan fingerprint density at radius 3 is 2.84 bits per heavy atom. The van der Waals surface area contributed by atoms with Gasteiger partial charge >= 0.3 is 0 Å². The molecule has 19 heavy (non-hydrogen) atoms. The summed E-state index contributed by atoms with van der Waals surface area (Å²) in [5.74, 6) is 0.513. The molecule has 3 nitrogen and oxygen atoms in total. The fourth-order valence-electron chi connectivity index (χ4n) is 2.97. The molecule has 1 fully saturated rings. The quantitative estimate of drug-likeness (QED) is 0.856. The van der Waals surface area contributed by atoms with Crippen molar-refractivity contribution < 1.29 is 5.11 Å². The Hall–Kier alpha value is -0.930. The summed E-state index contributed by atoms with van der Waals surface area (Å²) < 4.78 is 0. The van der Waals surface area contributed by atoms with Gasteiger partial charge in [0.05, 0.1) is 11.8 Å². The summed E-state index contributed by atoms with van der Waals surface area (Å²) >= 11 is 0. The second kappa shape index (κ2) is 7.01. The predicted molar refractivity (Wildman–Crippen MR) is 77.9 cm³/mol. The normalized spacial score (nSPS) is 23.2. The summed E-state index contributed by atoms with van der Waals surface area (Å²) in [5.41, 5.74) is 2.23. The zero-order valence-electron chi connectivity index (χ0n) is 12.2. The first kappa shape index (κ1) is 14.5. The van der Waals surface area contributed by atoms with Gasteiger partial charge in [-0.3, -0.25) is 9.88 Å². The monoisotopic (exact) mass is 262 g/mol. The summed E-state index contributed by atoms with van der Waals surface area (Å²) in [4.78, 5) is 6.99. The molecule has 1 aliphatic rings. The minimum Gasteiger partial charge on any atom is -0.393 e. The Labute approximate surface area is 116 Å². The Morgan fingerprint density at radius 2 is 2.21 bits per heavy atom. The van der Waals surface area contributed by atoms with E-state index in [1.54, 1.807) is 0 Å². The number of aromatic nitrogens is 1. The van der Waals surface area contributed by atoms with Gasteiger partial charge in [-0.15, -0.1) is 0 Å². The van der Waals surface area contributed by atoms with E-state index in [0.717, 1.165) is 43.9 Å². The number of nitrogens with zero attached hydrogens (tertiary/aromatic N) is 2. The predicted octanol–water partition coefficient (Wildman–Crippen LogP) is 2.76. The van der Waals surface area contributed by atoms with E-state index in [9.17, 15) is 5.11 Å². The van der Waals surface area contributed by atoms with Crippen molar-refractivity contribution in [1.82, 2.24) is 9.88 Å². The van der Waals surface area contributed by atoms with Crippen LogP contribution in [0.1, 0.15) is 44.0 Å². The number of hydrogen-bond donors (Lipinski definition) is 1. The van der Waals surface area contributed by atoms with Crippen LogP contribution in [0.5, 0.6) is 0 Å². The maximum atomic E-state index is 9.87. The second-order valence-corrected chi connectivity index (χ2v) is 5.69. The van der Waals surface area contributed by atoms with E-state index in [0.29, 0.717) is 5.92 Å². The van der Waals surface area contributed by atoms with E-state index in [4.69, 9.17) is 0 Å². The number of pyridine rings is 1. The summed E-state index contributed by atoms with van der Waals surface area (Å²) in [5, 5.41) is 9.87. The lowest BCUT2D eigenvalue weighted by atomic mass is 10.0.